The van der Waals surface area contributed by atoms with Crippen LogP contribution in [0.25, 0.3) is 12.4 Å². The molecule has 0 N–H and O–H groups in total. The Labute approximate surface area is 183 Å². The summed E-state index contributed by atoms with van der Waals surface area (Å²) in [7, 11) is 0. The Hall–Kier alpha value is -4.03. The molecular formula is C19H23N13. The zero-order chi connectivity index (χ0) is 21.9. The van der Waals surface area contributed by atoms with Crippen LogP contribution in [-0.4, -0.2) is 68.7 Å². The van der Waals surface area contributed by atoms with E-state index in [1.54, 1.807) is 22.0 Å². The second-order valence-electron chi connectivity index (χ2n) is 7.68. The van der Waals surface area contributed by atoms with Gasteiger partial charge in [-0.05, 0) is 45.8 Å². The molecular weight excluding hydrogens is 410 g/mol. The Morgan fingerprint density at radius 1 is 0.812 bits per heavy atom. The normalized spacial score (nSPS) is 16.2. The van der Waals surface area contributed by atoms with Crippen molar-refractivity contribution < 1.29 is 0 Å². The first-order chi connectivity index (χ1) is 15.7. The summed E-state index contributed by atoms with van der Waals surface area (Å²) >= 11 is 0. The van der Waals surface area contributed by atoms with Gasteiger partial charge in [-0.15, -0.1) is 15.3 Å². The third kappa shape index (κ3) is 3.96. The van der Waals surface area contributed by atoms with Crippen LogP contribution in [0.5, 0.6) is 0 Å². The Morgan fingerprint density at radius 2 is 1.47 bits per heavy atom. The fraction of sp³-hybridized carbons (Fsp3) is 0.421. The smallest absolute Gasteiger partial charge is 0.138 e. The number of benzene rings is 1. The van der Waals surface area contributed by atoms with Crippen LogP contribution in [0.1, 0.15) is 26.7 Å². The molecule has 0 fully saturated rings. The quantitative estimate of drug-likeness (QED) is 0.498. The monoisotopic (exact) mass is 433 g/mol. The first-order valence-electron chi connectivity index (χ1n) is 10.5. The van der Waals surface area contributed by atoms with E-state index < -0.39 is 0 Å². The number of hydrogen-bond donors (Lipinski definition) is 0. The predicted molar refractivity (Wildman–Crippen MR) is 115 cm³/mol. The molecule has 2 atom stereocenters. The van der Waals surface area contributed by atoms with Crippen LogP contribution < -0.4 is 10.4 Å². The van der Waals surface area contributed by atoms with Crippen molar-refractivity contribution in [3.8, 4) is 0 Å². The molecule has 0 amide bonds. The van der Waals surface area contributed by atoms with E-state index in [2.05, 4.69) is 66.3 Å². The molecule has 2 aliphatic rings. The van der Waals surface area contributed by atoms with E-state index in [4.69, 9.17) is 4.99 Å². The van der Waals surface area contributed by atoms with Crippen molar-refractivity contribution in [2.75, 3.05) is 0 Å². The third-order valence-electron chi connectivity index (χ3n) is 5.64. The van der Waals surface area contributed by atoms with Crippen molar-refractivity contribution in [3.05, 3.63) is 35.2 Å². The largest absolute Gasteiger partial charge is 0.333 e. The lowest BCUT2D eigenvalue weighted by Crippen LogP contribution is -2.36. The predicted octanol–water partition coefficient (Wildman–Crippen LogP) is 0.383. The van der Waals surface area contributed by atoms with E-state index in [9.17, 15) is 0 Å². The Kier molecular flexibility index (Phi) is 5.35. The zero-order valence-electron chi connectivity index (χ0n) is 17.8. The molecule has 0 spiro atoms. The molecule has 13 heteroatoms. The SMILES string of the molecule is CC[C@H](Cn1cnnn1)N1C=Nc2cc3c(cc2=C1)N=NN([C@H](CC)Cn1cnnn1)C=3. The van der Waals surface area contributed by atoms with Crippen LogP contribution >= 0.6 is 0 Å². The Balaban J connectivity index is 1.40. The van der Waals surface area contributed by atoms with Crippen molar-refractivity contribution in [1.82, 2.24) is 50.3 Å². The summed E-state index contributed by atoms with van der Waals surface area (Å²) in [6.07, 6.45) is 11.0. The van der Waals surface area contributed by atoms with Crippen LogP contribution in [0.4, 0.5) is 11.4 Å². The third-order valence-corrected chi connectivity index (χ3v) is 5.64. The lowest BCUT2D eigenvalue weighted by atomic mass is 10.1. The highest BCUT2D eigenvalue weighted by molar-refractivity contribution is 5.72. The summed E-state index contributed by atoms with van der Waals surface area (Å²) in [5, 5.41) is 35.5. The molecule has 5 rings (SSSR count). The van der Waals surface area contributed by atoms with Crippen LogP contribution in [0.2, 0.25) is 0 Å². The second kappa shape index (κ2) is 8.61. The van der Waals surface area contributed by atoms with Gasteiger partial charge in [0.05, 0.1) is 42.9 Å². The minimum atomic E-state index is 0.0913. The summed E-state index contributed by atoms with van der Waals surface area (Å²) in [4.78, 5) is 6.80. The van der Waals surface area contributed by atoms with E-state index in [0.717, 1.165) is 34.7 Å². The second-order valence-corrected chi connectivity index (χ2v) is 7.68. The van der Waals surface area contributed by atoms with Gasteiger partial charge in [0, 0.05) is 22.8 Å². The molecule has 2 aromatic heterocycles. The van der Waals surface area contributed by atoms with Crippen LogP contribution in [-0.2, 0) is 13.1 Å². The van der Waals surface area contributed by atoms with Crippen molar-refractivity contribution in [2.45, 2.75) is 51.9 Å². The molecule has 0 saturated heterocycles. The molecule has 0 saturated carbocycles. The highest BCUT2D eigenvalue weighted by atomic mass is 15.6. The lowest BCUT2D eigenvalue weighted by molar-refractivity contribution is 0.252. The van der Waals surface area contributed by atoms with Gasteiger partial charge in [0.25, 0.3) is 0 Å². The van der Waals surface area contributed by atoms with E-state index in [1.807, 2.05) is 29.7 Å². The van der Waals surface area contributed by atoms with Crippen LogP contribution in [0, 0.1) is 0 Å². The van der Waals surface area contributed by atoms with Crippen molar-refractivity contribution >= 4 is 30.1 Å². The van der Waals surface area contributed by atoms with Crippen molar-refractivity contribution in [2.24, 2.45) is 15.3 Å². The standard InChI is InChI=1S/C19H23N13/c1-3-16(9-30-12-21-24-27-30)29-7-14-6-19-15(5-18(14)20-11-29)8-32(26-23-19)17(4-2)10-31-13-22-25-28-31/h5-8,11-13,16-17H,3-4,9-10H2,1-2H3/t16-,17-/m1/s1. The number of aliphatic imine (C=N–C) groups is 1. The van der Waals surface area contributed by atoms with E-state index in [-0.39, 0.29) is 12.1 Å². The summed E-state index contributed by atoms with van der Waals surface area (Å²) in [5.74, 6) is 0. The van der Waals surface area contributed by atoms with Gasteiger partial charge in [-0.3, -0.25) is 0 Å². The van der Waals surface area contributed by atoms with Gasteiger partial charge in [0.15, 0.2) is 0 Å². The number of aromatic nitrogens is 8. The van der Waals surface area contributed by atoms with Gasteiger partial charge in [-0.2, -0.15) is 0 Å². The Bertz CT molecular complexity index is 1130. The van der Waals surface area contributed by atoms with E-state index in [1.165, 1.54) is 0 Å². The fourth-order valence-corrected chi connectivity index (χ4v) is 3.78. The van der Waals surface area contributed by atoms with E-state index >= 15 is 0 Å². The molecule has 32 heavy (non-hydrogen) atoms. The molecule has 3 aromatic rings. The van der Waals surface area contributed by atoms with Gasteiger partial charge in [0.1, 0.15) is 12.7 Å². The molecule has 0 aliphatic carbocycles. The van der Waals surface area contributed by atoms with Gasteiger partial charge < -0.3 is 4.90 Å². The minimum absolute atomic E-state index is 0.0913. The minimum Gasteiger partial charge on any atom is -0.333 e. The fourth-order valence-electron chi connectivity index (χ4n) is 3.78. The van der Waals surface area contributed by atoms with Crippen LogP contribution in [0.3, 0.4) is 0 Å². The highest BCUT2D eigenvalue weighted by Gasteiger charge is 2.20. The summed E-state index contributed by atoms with van der Waals surface area (Å²) in [5.41, 5.74) is 1.72. The average molecular weight is 433 g/mol. The van der Waals surface area contributed by atoms with Gasteiger partial charge >= 0.3 is 0 Å². The first kappa shape index (κ1) is 19.9. The molecule has 1 aromatic carbocycles. The molecule has 164 valence electrons. The molecule has 2 aliphatic heterocycles. The number of hydrogen-bond acceptors (Lipinski definition) is 11. The summed E-state index contributed by atoms with van der Waals surface area (Å²) in [6.45, 7) is 5.54. The molecule has 0 bridgehead atoms. The first-order valence-corrected chi connectivity index (χ1v) is 10.5. The average Bonchev–Trinajstić information content (AvgIpc) is 3.53. The number of tetrazole rings is 2. The number of rotatable bonds is 8. The topological polar surface area (TPSA) is 131 Å². The number of nitrogens with zero attached hydrogens (tertiary/aromatic N) is 13. The maximum atomic E-state index is 4.70. The summed E-state index contributed by atoms with van der Waals surface area (Å²) in [6, 6.07) is 4.35. The van der Waals surface area contributed by atoms with Crippen molar-refractivity contribution in [3.63, 3.8) is 0 Å². The van der Waals surface area contributed by atoms with Crippen molar-refractivity contribution in [1.29, 1.82) is 0 Å². The van der Waals surface area contributed by atoms with Gasteiger partial charge in [0.2, 0.25) is 0 Å². The maximum absolute atomic E-state index is 4.70. The molecule has 4 heterocycles. The van der Waals surface area contributed by atoms with Gasteiger partial charge in [-0.25, -0.2) is 19.4 Å². The zero-order valence-corrected chi connectivity index (χ0v) is 17.8. The summed E-state index contributed by atoms with van der Waals surface area (Å²) < 4.78 is 3.43. The van der Waals surface area contributed by atoms with Gasteiger partial charge in [-0.1, -0.05) is 19.1 Å². The Morgan fingerprint density at radius 3 is 2.12 bits per heavy atom. The van der Waals surface area contributed by atoms with E-state index in [0.29, 0.717) is 13.1 Å². The lowest BCUT2D eigenvalue weighted by Gasteiger charge is -2.28. The highest BCUT2D eigenvalue weighted by Crippen LogP contribution is 2.19. The molecule has 13 nitrogen and oxygen atoms in total. The maximum Gasteiger partial charge on any atom is 0.138 e. The molecule has 0 unspecified atom stereocenters. The van der Waals surface area contributed by atoms with Crippen LogP contribution in [0.15, 0.2) is 40.1 Å². The number of fused-ring (bicyclic) bond motifs is 2. The molecule has 0 radical (unpaired) electrons.